The van der Waals surface area contributed by atoms with Gasteiger partial charge in [-0.25, -0.2) is 4.79 Å². The van der Waals surface area contributed by atoms with Gasteiger partial charge in [0.05, 0.1) is 0 Å². The van der Waals surface area contributed by atoms with Crippen LogP contribution in [-0.2, 0) is 9.53 Å². The van der Waals surface area contributed by atoms with Gasteiger partial charge in [0, 0.05) is 6.42 Å². The lowest BCUT2D eigenvalue weighted by atomic mass is 10.1. The van der Waals surface area contributed by atoms with Crippen molar-refractivity contribution < 1.29 is 14.3 Å². The number of hydrogen-bond donors (Lipinski definition) is 0. The van der Waals surface area contributed by atoms with E-state index in [2.05, 4.69) is 6.92 Å². The molecule has 0 N–H and O–H groups in total. The van der Waals surface area contributed by atoms with E-state index in [1.165, 1.54) is 0 Å². The topological polar surface area (TPSA) is 35.5 Å². The number of para-hydroxylation sites is 1. The highest BCUT2D eigenvalue weighted by Crippen LogP contribution is 2.28. The number of hydrogen-bond acceptors (Lipinski definition) is 3. The monoisotopic (exact) mass is 326 g/mol. The van der Waals surface area contributed by atoms with Crippen LogP contribution < -0.4 is 4.74 Å². The third-order valence-corrected chi connectivity index (χ3v) is 4.14. The van der Waals surface area contributed by atoms with Crippen molar-refractivity contribution in [2.24, 2.45) is 0 Å². The number of unbranched alkanes of at least 4 members (excludes halogenated alkanes) is 2. The summed E-state index contributed by atoms with van der Waals surface area (Å²) < 4.78 is 11.3. The van der Waals surface area contributed by atoms with E-state index in [1.54, 1.807) is 12.1 Å². The van der Waals surface area contributed by atoms with E-state index in [1.807, 2.05) is 32.0 Å². The summed E-state index contributed by atoms with van der Waals surface area (Å²) in [5.41, 5.74) is 0. The standard InChI is InChI=1S/C18H27ClO3/c1-4-7-9-12-15(5-2)21-17(20)18(19,6-3)22-16-13-10-8-11-14-16/h8,10-11,13-15H,4-7,9,12H2,1-3H3. The van der Waals surface area contributed by atoms with Gasteiger partial charge >= 0.3 is 5.97 Å². The molecule has 1 rings (SSSR count). The van der Waals surface area contributed by atoms with Gasteiger partial charge in [-0.3, -0.25) is 0 Å². The Kier molecular flexibility index (Phi) is 8.32. The number of ether oxygens (including phenoxy) is 2. The van der Waals surface area contributed by atoms with E-state index >= 15 is 0 Å². The minimum atomic E-state index is -1.46. The van der Waals surface area contributed by atoms with Crippen LogP contribution in [0.15, 0.2) is 30.3 Å². The molecule has 0 aliphatic rings. The van der Waals surface area contributed by atoms with E-state index in [-0.39, 0.29) is 6.10 Å². The summed E-state index contributed by atoms with van der Waals surface area (Å²) in [6, 6.07) is 9.12. The van der Waals surface area contributed by atoms with Gasteiger partial charge in [-0.1, -0.05) is 63.4 Å². The molecular formula is C18H27ClO3. The first-order chi connectivity index (χ1) is 10.6. The van der Waals surface area contributed by atoms with Crippen LogP contribution in [0.4, 0.5) is 0 Å². The normalized spacial score (nSPS) is 14.9. The minimum absolute atomic E-state index is 0.0944. The largest absolute Gasteiger partial charge is 0.461 e. The van der Waals surface area contributed by atoms with Gasteiger partial charge in [0.15, 0.2) is 0 Å². The summed E-state index contributed by atoms with van der Waals surface area (Å²) in [4.78, 5) is 12.4. The second-order valence-corrected chi connectivity index (χ2v) is 6.04. The molecule has 3 nitrogen and oxygen atoms in total. The Bertz CT molecular complexity index is 435. The van der Waals surface area contributed by atoms with E-state index in [4.69, 9.17) is 21.1 Å². The molecular weight excluding hydrogens is 300 g/mol. The molecule has 2 atom stereocenters. The summed E-state index contributed by atoms with van der Waals surface area (Å²) in [7, 11) is 0. The molecule has 22 heavy (non-hydrogen) atoms. The summed E-state index contributed by atoms with van der Waals surface area (Å²) >= 11 is 6.37. The average molecular weight is 327 g/mol. The zero-order valence-electron chi connectivity index (χ0n) is 13.8. The van der Waals surface area contributed by atoms with Crippen molar-refractivity contribution in [3.8, 4) is 5.75 Å². The first-order valence-electron chi connectivity index (χ1n) is 8.19. The van der Waals surface area contributed by atoms with Crippen LogP contribution in [0.5, 0.6) is 5.75 Å². The van der Waals surface area contributed by atoms with Crippen LogP contribution >= 0.6 is 11.6 Å². The third kappa shape index (κ3) is 5.88. The predicted octanol–water partition coefficient (Wildman–Crippen LogP) is 5.31. The van der Waals surface area contributed by atoms with Gasteiger partial charge in [-0.2, -0.15) is 0 Å². The molecule has 124 valence electrons. The van der Waals surface area contributed by atoms with Gasteiger partial charge in [0.2, 0.25) is 0 Å². The molecule has 0 aliphatic heterocycles. The second-order valence-electron chi connectivity index (χ2n) is 5.43. The fourth-order valence-electron chi connectivity index (χ4n) is 2.14. The molecule has 0 saturated heterocycles. The highest BCUT2D eigenvalue weighted by Gasteiger charge is 2.40. The lowest BCUT2D eigenvalue weighted by Gasteiger charge is -2.27. The summed E-state index contributed by atoms with van der Waals surface area (Å²) in [5.74, 6) is 0.0687. The van der Waals surface area contributed by atoms with Crippen molar-refractivity contribution in [3.05, 3.63) is 30.3 Å². The fraction of sp³-hybridized carbons (Fsp3) is 0.611. The SMILES string of the molecule is CCCCCC(CC)OC(=O)C(Cl)(CC)Oc1ccccc1. The highest BCUT2D eigenvalue weighted by atomic mass is 35.5. The first-order valence-corrected chi connectivity index (χ1v) is 8.57. The molecule has 0 saturated carbocycles. The number of rotatable bonds is 10. The van der Waals surface area contributed by atoms with E-state index < -0.39 is 11.0 Å². The molecule has 4 heteroatoms. The van der Waals surface area contributed by atoms with Crippen molar-refractivity contribution in [2.45, 2.75) is 70.5 Å². The maximum absolute atomic E-state index is 12.4. The van der Waals surface area contributed by atoms with Crippen LogP contribution in [0.3, 0.4) is 0 Å². The number of carbonyl (C=O) groups is 1. The highest BCUT2D eigenvalue weighted by molar-refractivity contribution is 6.33. The number of alkyl halides is 1. The zero-order chi connectivity index (χ0) is 16.4. The van der Waals surface area contributed by atoms with Crippen LogP contribution in [0.2, 0.25) is 0 Å². The number of halogens is 1. The maximum atomic E-state index is 12.4. The third-order valence-electron chi connectivity index (χ3n) is 3.64. The fourth-order valence-corrected chi connectivity index (χ4v) is 2.27. The van der Waals surface area contributed by atoms with Gasteiger partial charge in [-0.15, -0.1) is 0 Å². The molecule has 1 aromatic rings. The van der Waals surface area contributed by atoms with E-state index in [0.29, 0.717) is 12.2 Å². The van der Waals surface area contributed by atoms with E-state index in [0.717, 1.165) is 32.1 Å². The molecule has 0 aromatic heterocycles. The van der Waals surface area contributed by atoms with Crippen LogP contribution in [0.1, 0.15) is 59.3 Å². The van der Waals surface area contributed by atoms with Gasteiger partial charge in [-0.05, 0) is 31.4 Å². The lowest BCUT2D eigenvalue weighted by Crippen LogP contribution is -2.41. The second kappa shape index (κ2) is 9.73. The van der Waals surface area contributed by atoms with Crippen molar-refractivity contribution in [1.29, 1.82) is 0 Å². The maximum Gasteiger partial charge on any atom is 0.366 e. The van der Waals surface area contributed by atoms with Crippen molar-refractivity contribution in [2.75, 3.05) is 0 Å². The molecule has 0 aliphatic carbocycles. The molecule has 0 amide bonds. The van der Waals surface area contributed by atoms with Gasteiger partial charge in [0.1, 0.15) is 11.9 Å². The quantitative estimate of drug-likeness (QED) is 0.332. The molecule has 2 unspecified atom stereocenters. The summed E-state index contributed by atoms with van der Waals surface area (Å²) in [6.45, 7) is 5.99. The molecule has 0 bridgehead atoms. The van der Waals surface area contributed by atoms with Crippen LogP contribution in [0, 0.1) is 0 Å². The number of carbonyl (C=O) groups excluding carboxylic acids is 1. The first kappa shape index (κ1) is 18.8. The van der Waals surface area contributed by atoms with Crippen molar-refractivity contribution in [3.63, 3.8) is 0 Å². The lowest BCUT2D eigenvalue weighted by molar-refractivity contribution is -0.161. The molecule has 0 heterocycles. The minimum Gasteiger partial charge on any atom is -0.461 e. The summed E-state index contributed by atoms with van der Waals surface area (Å²) in [6.07, 6.45) is 5.26. The Morgan fingerprint density at radius 1 is 1.18 bits per heavy atom. The number of benzene rings is 1. The molecule has 0 fully saturated rings. The number of esters is 1. The average Bonchev–Trinajstić information content (AvgIpc) is 2.54. The molecule has 0 spiro atoms. The molecule has 0 radical (unpaired) electrons. The van der Waals surface area contributed by atoms with Gasteiger partial charge < -0.3 is 9.47 Å². The van der Waals surface area contributed by atoms with Gasteiger partial charge in [0.25, 0.3) is 5.06 Å². The van der Waals surface area contributed by atoms with Crippen molar-refractivity contribution in [1.82, 2.24) is 0 Å². The van der Waals surface area contributed by atoms with Crippen LogP contribution in [0.25, 0.3) is 0 Å². The Morgan fingerprint density at radius 3 is 2.41 bits per heavy atom. The van der Waals surface area contributed by atoms with Crippen molar-refractivity contribution >= 4 is 17.6 Å². The Morgan fingerprint density at radius 2 is 1.86 bits per heavy atom. The Hall–Kier alpha value is -1.22. The Labute approximate surface area is 139 Å². The van der Waals surface area contributed by atoms with E-state index in [9.17, 15) is 4.79 Å². The Balaban J connectivity index is 2.65. The smallest absolute Gasteiger partial charge is 0.366 e. The van der Waals surface area contributed by atoms with Crippen LogP contribution in [-0.4, -0.2) is 17.1 Å². The molecule has 1 aromatic carbocycles. The predicted molar refractivity (Wildman–Crippen MR) is 90.3 cm³/mol. The zero-order valence-corrected chi connectivity index (χ0v) is 14.6. The summed E-state index contributed by atoms with van der Waals surface area (Å²) in [5, 5.41) is -1.46.